The Kier molecular flexibility index (Phi) is 9.50. The van der Waals surface area contributed by atoms with Gasteiger partial charge < -0.3 is 11.3 Å². The van der Waals surface area contributed by atoms with E-state index >= 15 is 0 Å². The smallest absolute Gasteiger partial charge is 1.00 e. The van der Waals surface area contributed by atoms with Crippen molar-refractivity contribution in [3.05, 3.63) is 35.9 Å². The van der Waals surface area contributed by atoms with E-state index < -0.39 is 5.97 Å². The second-order valence-corrected chi connectivity index (χ2v) is 1.65. The molecule has 0 aliphatic carbocycles. The van der Waals surface area contributed by atoms with E-state index in [0.29, 0.717) is 0 Å². The first kappa shape index (κ1) is 14.2. The molecule has 11 heavy (non-hydrogen) atoms. The molecule has 0 bridgehead atoms. The Morgan fingerprint density at radius 3 is 1.91 bits per heavy atom. The molecule has 2 nitrogen and oxygen atoms in total. The normalized spacial score (nSPS) is 7.27. The van der Waals surface area contributed by atoms with Crippen molar-refractivity contribution in [2.45, 2.75) is 0 Å². The maximum atomic E-state index is 10.1. The quantitative estimate of drug-likeness (QED) is 0.392. The van der Waals surface area contributed by atoms with Gasteiger partial charge in [0.25, 0.3) is 0 Å². The first-order valence-electron chi connectivity index (χ1n) is 2.57. The van der Waals surface area contributed by atoms with E-state index in [4.69, 9.17) is 0 Å². The summed E-state index contributed by atoms with van der Waals surface area (Å²) in [6.45, 7) is 0. The topological polar surface area (TPSA) is 40.1 Å². The van der Waals surface area contributed by atoms with Crippen LogP contribution in [0.25, 0.3) is 0 Å². The van der Waals surface area contributed by atoms with Crippen LogP contribution in [0.1, 0.15) is 11.8 Å². The fourth-order valence-corrected chi connectivity index (χ4v) is 0.574. The van der Waals surface area contributed by atoms with Crippen LogP contribution < -0.4 is 64.2 Å². The number of aromatic carboxylic acids is 1. The van der Waals surface area contributed by atoms with Gasteiger partial charge in [0.2, 0.25) is 0 Å². The Morgan fingerprint density at radius 1 is 1.18 bits per heavy atom. The minimum absolute atomic E-state index is 0. The molecular weight excluding hydrogens is 162 g/mol. The van der Waals surface area contributed by atoms with E-state index in [2.05, 4.69) is 0 Å². The van der Waals surface area contributed by atoms with Gasteiger partial charge in [0.15, 0.2) is 0 Å². The third kappa shape index (κ3) is 5.01. The van der Waals surface area contributed by atoms with Crippen molar-refractivity contribution in [3.8, 4) is 0 Å². The predicted octanol–water partition coefficient (Wildman–Crippen LogP) is -5.83. The summed E-state index contributed by atoms with van der Waals surface area (Å²) in [6.07, 6.45) is 0. The molecule has 0 radical (unpaired) electrons. The van der Waals surface area contributed by atoms with Crippen LogP contribution in [0.2, 0.25) is 0 Å². The number of carbonyl (C=O) groups is 1. The van der Waals surface area contributed by atoms with Crippen molar-refractivity contribution in [1.82, 2.24) is 0 Å². The third-order valence-corrected chi connectivity index (χ3v) is 1.01. The van der Waals surface area contributed by atoms with E-state index in [9.17, 15) is 9.90 Å². The average molecular weight is 168 g/mol. The molecule has 0 aliphatic rings. The van der Waals surface area contributed by atoms with Gasteiger partial charge in [0, 0.05) is 0 Å². The van der Waals surface area contributed by atoms with Gasteiger partial charge in [-0.3, -0.25) is 0 Å². The summed E-state index contributed by atoms with van der Waals surface area (Å²) >= 11 is 0. The SMILES string of the molecule is O=C([O-])c1ccccc1.[H-].[Na+].[Na+]. The molecule has 0 unspecified atom stereocenters. The number of carbonyl (C=O) groups excluding carboxylic acids is 1. The van der Waals surface area contributed by atoms with Gasteiger partial charge >= 0.3 is 59.1 Å². The van der Waals surface area contributed by atoms with Gasteiger partial charge in [-0.15, -0.1) is 0 Å². The summed E-state index contributed by atoms with van der Waals surface area (Å²) in [5.41, 5.74) is 0.220. The van der Waals surface area contributed by atoms with Crippen LogP contribution in [0.5, 0.6) is 0 Å². The standard InChI is InChI=1S/C7H6O2.2Na.H/c8-7(9)6-4-2-1-3-5-6;;;/h1-5H,(H,8,9);;;/q;2*+1;-1/p-1. The fraction of sp³-hybridized carbons (Fsp3) is 0. The summed E-state index contributed by atoms with van der Waals surface area (Å²) < 4.78 is 0. The summed E-state index contributed by atoms with van der Waals surface area (Å²) in [7, 11) is 0. The minimum atomic E-state index is -1.13. The number of rotatable bonds is 1. The molecule has 0 saturated carbocycles. The Labute approximate surface area is 111 Å². The van der Waals surface area contributed by atoms with Crippen LogP contribution in [-0.4, -0.2) is 5.97 Å². The van der Waals surface area contributed by atoms with Crippen LogP contribution in [0.4, 0.5) is 0 Å². The largest absolute Gasteiger partial charge is 1.00 e. The Morgan fingerprint density at radius 2 is 1.64 bits per heavy atom. The number of benzene rings is 1. The second-order valence-electron chi connectivity index (χ2n) is 1.65. The zero-order chi connectivity index (χ0) is 6.69. The van der Waals surface area contributed by atoms with Gasteiger partial charge in [-0.05, 0) is 5.56 Å². The van der Waals surface area contributed by atoms with E-state index in [1.54, 1.807) is 18.2 Å². The first-order valence-corrected chi connectivity index (χ1v) is 2.57. The van der Waals surface area contributed by atoms with E-state index in [-0.39, 0.29) is 66.1 Å². The molecule has 0 spiro atoms. The van der Waals surface area contributed by atoms with E-state index in [1.807, 2.05) is 0 Å². The maximum Gasteiger partial charge on any atom is 1.00 e. The minimum Gasteiger partial charge on any atom is -1.00 e. The molecule has 0 saturated heterocycles. The fourth-order valence-electron chi connectivity index (χ4n) is 0.574. The van der Waals surface area contributed by atoms with Crippen LogP contribution >= 0.6 is 0 Å². The summed E-state index contributed by atoms with van der Waals surface area (Å²) in [5.74, 6) is -1.13. The molecular formula is C7H6Na2O2. The first-order chi connectivity index (χ1) is 4.30. The van der Waals surface area contributed by atoms with Crippen LogP contribution in [-0.2, 0) is 0 Å². The molecule has 0 atom stereocenters. The zero-order valence-corrected chi connectivity index (χ0v) is 10.7. The van der Waals surface area contributed by atoms with Gasteiger partial charge in [0.1, 0.15) is 0 Å². The maximum absolute atomic E-state index is 10.1. The molecule has 0 heterocycles. The van der Waals surface area contributed by atoms with Crippen molar-refractivity contribution in [2.24, 2.45) is 0 Å². The second kappa shape index (κ2) is 7.35. The average Bonchev–Trinajstić information content (AvgIpc) is 1.90. The van der Waals surface area contributed by atoms with E-state index in [0.717, 1.165) is 0 Å². The molecule has 0 amide bonds. The monoisotopic (exact) mass is 168 g/mol. The summed E-state index contributed by atoms with van der Waals surface area (Å²) in [5, 5.41) is 10.1. The van der Waals surface area contributed by atoms with Gasteiger partial charge in [0.05, 0.1) is 5.97 Å². The number of carboxylic acids is 1. The molecule has 0 fully saturated rings. The molecule has 0 aliphatic heterocycles. The third-order valence-electron chi connectivity index (χ3n) is 1.01. The van der Waals surface area contributed by atoms with Crippen molar-refractivity contribution < 1.29 is 70.4 Å². The van der Waals surface area contributed by atoms with Gasteiger partial charge in [-0.1, -0.05) is 30.3 Å². The number of hydrogen-bond acceptors (Lipinski definition) is 2. The van der Waals surface area contributed by atoms with E-state index in [1.165, 1.54) is 12.1 Å². The van der Waals surface area contributed by atoms with Crippen LogP contribution in [0, 0.1) is 0 Å². The summed E-state index contributed by atoms with van der Waals surface area (Å²) in [4.78, 5) is 10.1. The molecule has 0 aromatic heterocycles. The Balaban J connectivity index is -0.000000270. The molecule has 1 aromatic carbocycles. The van der Waals surface area contributed by atoms with Crippen molar-refractivity contribution in [1.29, 1.82) is 0 Å². The van der Waals surface area contributed by atoms with Crippen molar-refractivity contribution in [2.75, 3.05) is 0 Å². The Bertz CT molecular complexity index is 216. The molecule has 1 aromatic rings. The Hall–Kier alpha value is 0.690. The molecule has 48 valence electrons. The predicted molar refractivity (Wildman–Crippen MR) is 31.9 cm³/mol. The van der Waals surface area contributed by atoms with Gasteiger partial charge in [-0.25, -0.2) is 0 Å². The molecule has 0 N–H and O–H groups in total. The summed E-state index contributed by atoms with van der Waals surface area (Å²) in [6, 6.07) is 8.06. The van der Waals surface area contributed by atoms with Crippen LogP contribution in [0.15, 0.2) is 30.3 Å². The number of hydrogen-bond donors (Lipinski definition) is 0. The van der Waals surface area contributed by atoms with Crippen LogP contribution in [0.3, 0.4) is 0 Å². The molecule has 4 heteroatoms. The van der Waals surface area contributed by atoms with Gasteiger partial charge in [-0.2, -0.15) is 0 Å². The molecule has 1 rings (SSSR count). The zero-order valence-electron chi connectivity index (χ0n) is 7.70. The van der Waals surface area contributed by atoms with Crippen molar-refractivity contribution in [3.63, 3.8) is 0 Å². The van der Waals surface area contributed by atoms with Crippen molar-refractivity contribution >= 4 is 5.97 Å². The number of carboxylic acid groups (broad SMARTS) is 1.